The van der Waals surface area contributed by atoms with Crippen LogP contribution in [-0.2, 0) is 0 Å². The minimum absolute atomic E-state index is 0. The molecule has 2 heterocycles. The highest BCUT2D eigenvalue weighted by molar-refractivity contribution is 6.20. The van der Waals surface area contributed by atoms with Gasteiger partial charge in [-0.3, -0.25) is 4.79 Å². The van der Waals surface area contributed by atoms with E-state index < -0.39 is 0 Å². The van der Waals surface area contributed by atoms with Gasteiger partial charge in [-0.15, -0.1) is 0 Å². The van der Waals surface area contributed by atoms with Crippen molar-refractivity contribution < 1.29 is 20.4 Å². The van der Waals surface area contributed by atoms with Crippen molar-refractivity contribution >= 4 is 17.1 Å². The van der Waals surface area contributed by atoms with Crippen LogP contribution < -0.4 is 0 Å². The molecule has 0 bridgehead atoms. The van der Waals surface area contributed by atoms with Gasteiger partial charge in [0.1, 0.15) is 11.4 Å². The Bertz CT molecular complexity index is 783. The highest BCUT2D eigenvalue weighted by Gasteiger charge is 2.30. The van der Waals surface area contributed by atoms with E-state index in [1.54, 1.807) is 6.07 Å². The van der Waals surface area contributed by atoms with E-state index in [0.717, 1.165) is 5.56 Å². The molecule has 0 amide bonds. The Hall–Kier alpha value is -2.71. The summed E-state index contributed by atoms with van der Waals surface area (Å²) >= 11 is 0. The maximum atomic E-state index is 12.1. The van der Waals surface area contributed by atoms with Gasteiger partial charge in [0.2, 0.25) is 17.1 Å². The quantitative estimate of drug-likeness (QED) is 0.419. The van der Waals surface area contributed by atoms with Gasteiger partial charge >= 0.3 is 0 Å². The highest BCUT2D eigenvalue weighted by Crippen LogP contribution is 2.34. The third kappa shape index (κ3) is 1.51. The molecule has 4 N–H and O–H groups in total. The Morgan fingerprint density at radius 3 is 2.11 bits per heavy atom. The number of benzene rings is 1. The first-order valence-electron chi connectivity index (χ1n) is 4.99. The van der Waals surface area contributed by atoms with Crippen LogP contribution in [0.2, 0.25) is 0 Å². The van der Waals surface area contributed by atoms with Crippen molar-refractivity contribution in [3.63, 3.8) is 0 Å². The molecular weight excluding hydrogens is 252 g/mol. The van der Waals surface area contributed by atoms with Gasteiger partial charge in [-0.1, -0.05) is 24.3 Å². The van der Waals surface area contributed by atoms with Gasteiger partial charge in [-0.25, -0.2) is 14.6 Å². The highest BCUT2D eigenvalue weighted by atomic mass is 16.6. The third-order valence-corrected chi connectivity index (χ3v) is 2.76. The van der Waals surface area contributed by atoms with Gasteiger partial charge in [0.05, 0.1) is 0 Å². The molecule has 0 unspecified atom stereocenters. The lowest BCUT2D eigenvalue weighted by atomic mass is 10.1. The van der Waals surface area contributed by atoms with Gasteiger partial charge < -0.3 is 11.0 Å². The minimum atomic E-state index is -0.131. The second-order valence-corrected chi connectivity index (χ2v) is 3.71. The van der Waals surface area contributed by atoms with Gasteiger partial charge in [0.15, 0.2) is 0 Å². The zero-order valence-corrected chi connectivity index (χ0v) is 9.41. The van der Waals surface area contributed by atoms with Gasteiger partial charge in [0.25, 0.3) is 0 Å². The number of carbonyl (C=O) groups excluding carboxylic acids is 1. The Morgan fingerprint density at radius 1 is 0.842 bits per heavy atom. The number of hydrogen-bond acceptors (Lipinski definition) is 6. The first-order chi connectivity index (χ1) is 8.34. The van der Waals surface area contributed by atoms with E-state index in [2.05, 4.69) is 24.9 Å². The van der Waals surface area contributed by atoms with Crippen LogP contribution in [0.4, 0.5) is 0 Å². The normalized spacial score (nSPS) is 11.5. The molecule has 1 aromatic carbocycles. The topological polar surface area (TPSA) is 145 Å². The molecule has 3 aromatic rings. The zero-order valence-electron chi connectivity index (χ0n) is 9.41. The fourth-order valence-electron chi connectivity index (χ4n) is 2.00. The SMILES string of the molecule is O.O.O=C1c2ccccc2-c2nc3nonc3nc21. The van der Waals surface area contributed by atoms with Crippen LogP contribution in [0.25, 0.3) is 22.6 Å². The molecule has 0 spiro atoms. The Kier molecular flexibility index (Phi) is 2.81. The van der Waals surface area contributed by atoms with Crippen molar-refractivity contribution in [1.82, 2.24) is 20.3 Å². The molecule has 0 radical (unpaired) electrons. The largest absolute Gasteiger partial charge is 0.412 e. The van der Waals surface area contributed by atoms with E-state index in [1.807, 2.05) is 18.2 Å². The van der Waals surface area contributed by atoms with E-state index >= 15 is 0 Å². The second-order valence-electron chi connectivity index (χ2n) is 3.71. The molecule has 0 fully saturated rings. The predicted molar refractivity (Wildman–Crippen MR) is 63.5 cm³/mol. The molecule has 1 aliphatic rings. The lowest BCUT2D eigenvalue weighted by Gasteiger charge is -1.95. The summed E-state index contributed by atoms with van der Waals surface area (Å²) in [6.45, 7) is 0. The summed E-state index contributed by atoms with van der Waals surface area (Å²) in [4.78, 5) is 20.5. The van der Waals surface area contributed by atoms with E-state index in [1.165, 1.54) is 0 Å². The van der Waals surface area contributed by atoms with Gasteiger partial charge in [-0.05, 0) is 10.3 Å². The molecular formula is C11H8N4O4. The lowest BCUT2D eigenvalue weighted by Crippen LogP contribution is -1.99. The number of fused-ring (bicyclic) bond motifs is 4. The van der Waals surface area contributed by atoms with Crippen LogP contribution in [-0.4, -0.2) is 37.0 Å². The standard InChI is InChI=1S/C11H4N4O2.2H2O/c16-9-6-4-2-1-3-5(6)7-8(9)13-11-10(12-7)14-17-15-11;;/h1-4H;2*1H2. The number of rotatable bonds is 0. The van der Waals surface area contributed by atoms with Crippen LogP contribution in [0.3, 0.4) is 0 Å². The number of nitrogens with zero attached hydrogens (tertiary/aromatic N) is 4. The molecule has 4 rings (SSSR count). The monoisotopic (exact) mass is 260 g/mol. The summed E-state index contributed by atoms with van der Waals surface area (Å²) in [5, 5.41) is 7.20. The van der Waals surface area contributed by atoms with Crippen molar-refractivity contribution in [2.24, 2.45) is 0 Å². The maximum absolute atomic E-state index is 12.1. The van der Waals surface area contributed by atoms with Crippen molar-refractivity contribution in [1.29, 1.82) is 0 Å². The van der Waals surface area contributed by atoms with E-state index in [9.17, 15) is 4.79 Å². The summed E-state index contributed by atoms with van der Waals surface area (Å²) in [5.74, 6) is -0.131. The fourth-order valence-corrected chi connectivity index (χ4v) is 2.00. The van der Waals surface area contributed by atoms with Crippen LogP contribution in [0, 0.1) is 0 Å². The Morgan fingerprint density at radius 2 is 1.42 bits per heavy atom. The van der Waals surface area contributed by atoms with Crippen LogP contribution in [0.1, 0.15) is 16.1 Å². The van der Waals surface area contributed by atoms with Crippen molar-refractivity contribution in [2.75, 3.05) is 0 Å². The minimum Gasteiger partial charge on any atom is -0.412 e. The van der Waals surface area contributed by atoms with E-state index in [-0.39, 0.29) is 22.4 Å². The second kappa shape index (κ2) is 4.19. The molecule has 2 aromatic heterocycles. The van der Waals surface area contributed by atoms with Crippen molar-refractivity contribution in [3.8, 4) is 11.3 Å². The Labute approximate surface area is 105 Å². The summed E-state index contributed by atoms with van der Waals surface area (Å²) < 4.78 is 4.53. The first-order valence-corrected chi connectivity index (χ1v) is 4.99. The van der Waals surface area contributed by atoms with Crippen molar-refractivity contribution in [2.45, 2.75) is 0 Å². The number of ketones is 1. The number of hydrogen-bond donors (Lipinski definition) is 0. The smallest absolute Gasteiger partial charge is 0.244 e. The van der Waals surface area contributed by atoms with Crippen LogP contribution in [0.5, 0.6) is 0 Å². The van der Waals surface area contributed by atoms with Crippen molar-refractivity contribution in [3.05, 3.63) is 35.5 Å². The maximum Gasteiger partial charge on any atom is 0.244 e. The third-order valence-electron chi connectivity index (χ3n) is 2.76. The molecule has 0 saturated carbocycles. The van der Waals surface area contributed by atoms with E-state index in [4.69, 9.17) is 0 Å². The predicted octanol–water partition coefficient (Wildman–Crippen LogP) is -0.425. The average Bonchev–Trinajstić information content (AvgIpc) is 2.92. The summed E-state index contributed by atoms with van der Waals surface area (Å²) in [6, 6.07) is 7.27. The van der Waals surface area contributed by atoms with Gasteiger partial charge in [0, 0.05) is 11.1 Å². The molecule has 0 atom stereocenters. The Balaban J connectivity index is 0.000000667. The summed E-state index contributed by atoms with van der Waals surface area (Å²) in [6.07, 6.45) is 0. The average molecular weight is 260 g/mol. The molecule has 1 aliphatic carbocycles. The molecule has 96 valence electrons. The zero-order chi connectivity index (χ0) is 11.4. The lowest BCUT2D eigenvalue weighted by molar-refractivity contribution is 0.103. The molecule has 19 heavy (non-hydrogen) atoms. The van der Waals surface area contributed by atoms with Crippen LogP contribution >= 0.6 is 0 Å². The molecule has 8 nitrogen and oxygen atoms in total. The van der Waals surface area contributed by atoms with E-state index in [0.29, 0.717) is 22.6 Å². The number of carbonyl (C=O) groups is 1. The number of aromatic nitrogens is 4. The molecule has 0 saturated heterocycles. The summed E-state index contributed by atoms with van der Waals surface area (Å²) in [5.41, 5.74) is 2.83. The molecule has 8 heteroatoms. The molecule has 0 aliphatic heterocycles. The summed E-state index contributed by atoms with van der Waals surface area (Å²) in [7, 11) is 0. The fraction of sp³-hybridized carbons (Fsp3) is 0. The van der Waals surface area contributed by atoms with Crippen LogP contribution in [0.15, 0.2) is 28.9 Å². The first kappa shape index (κ1) is 12.7. The van der Waals surface area contributed by atoms with Gasteiger partial charge in [-0.2, -0.15) is 0 Å².